The van der Waals surface area contributed by atoms with E-state index in [0.717, 1.165) is 25.7 Å². The quantitative estimate of drug-likeness (QED) is 0.665. The summed E-state index contributed by atoms with van der Waals surface area (Å²) in [6.07, 6.45) is 0. The molecule has 0 atom stereocenters. The normalized spacial score (nSPS) is 8.08. The number of para-hydroxylation sites is 2. The summed E-state index contributed by atoms with van der Waals surface area (Å²) in [5.74, 6) is 1.69. The van der Waals surface area contributed by atoms with Gasteiger partial charge in [-0.05, 0) is 12.1 Å². The summed E-state index contributed by atoms with van der Waals surface area (Å²) in [5.41, 5.74) is 0. The summed E-state index contributed by atoms with van der Waals surface area (Å²) in [6.45, 7) is 12.4. The van der Waals surface area contributed by atoms with Crippen LogP contribution in [0.4, 0.5) is 0 Å². The summed E-state index contributed by atoms with van der Waals surface area (Å²) < 4.78 is 10.2. The lowest BCUT2D eigenvalue weighted by molar-refractivity contribution is 0.174. The first kappa shape index (κ1) is 30.8. The molecule has 1 aliphatic heterocycles. The highest BCUT2D eigenvalue weighted by Gasteiger charge is 2.09. The lowest BCUT2D eigenvalue weighted by atomic mass is 10.3. The monoisotopic (exact) mass is 354 g/mol. The van der Waals surface area contributed by atoms with Crippen molar-refractivity contribution in [3.8, 4) is 11.5 Å². The van der Waals surface area contributed by atoms with E-state index in [1.165, 1.54) is 0 Å². The number of rotatable bonds is 0. The van der Waals surface area contributed by atoms with Crippen LogP contribution in [0.2, 0.25) is 0 Å². The molecule has 0 spiro atoms. The molecule has 0 fully saturated rings. The van der Waals surface area contributed by atoms with Crippen molar-refractivity contribution in [1.29, 1.82) is 0 Å². The first-order chi connectivity index (χ1) is 12.5. The molecule has 4 nitrogen and oxygen atoms in total. The minimum Gasteiger partial charge on any atom is -0.454 e. The van der Waals surface area contributed by atoms with Gasteiger partial charge in [0.15, 0.2) is 11.5 Å². The second-order valence-corrected chi connectivity index (χ2v) is 3.01. The van der Waals surface area contributed by atoms with Gasteiger partial charge < -0.3 is 19.7 Å². The Balaban J connectivity index is -0.000000122. The van der Waals surface area contributed by atoms with Crippen LogP contribution >= 0.6 is 0 Å². The number of hydrogen-bond acceptors (Lipinski definition) is 4. The fourth-order valence-electron chi connectivity index (χ4n) is 1.23. The zero-order valence-electron chi connectivity index (χ0n) is 17.2. The Bertz CT molecular complexity index is 356. The van der Waals surface area contributed by atoms with Crippen LogP contribution in [0.1, 0.15) is 41.5 Å². The highest BCUT2D eigenvalue weighted by atomic mass is 16.7. The summed E-state index contributed by atoms with van der Waals surface area (Å²) in [7, 11) is 2.00. The van der Waals surface area contributed by atoms with Gasteiger partial charge in [-0.25, -0.2) is 0 Å². The van der Waals surface area contributed by atoms with E-state index >= 15 is 0 Å². The number of benzene rings is 2. The maximum Gasteiger partial charge on any atom is 0.231 e. The van der Waals surface area contributed by atoms with Crippen molar-refractivity contribution >= 4 is 0 Å². The fourth-order valence-corrected chi connectivity index (χ4v) is 1.23. The Morgan fingerprint density at radius 2 is 0.760 bits per heavy atom. The van der Waals surface area contributed by atoms with Gasteiger partial charge in [-0.1, -0.05) is 90.1 Å². The molecular formula is C21H38O4. The minimum atomic E-state index is 0.360. The zero-order chi connectivity index (χ0) is 20.3. The molecule has 1 aliphatic rings. The van der Waals surface area contributed by atoms with Crippen LogP contribution in [0, 0.1) is 0 Å². The lowest BCUT2D eigenvalue weighted by Gasteiger charge is -1.89. The van der Waals surface area contributed by atoms with Gasteiger partial charge in [0.2, 0.25) is 6.79 Å². The predicted octanol–water partition coefficient (Wildman–Crippen LogP) is 5.40. The molecule has 2 aromatic carbocycles. The van der Waals surface area contributed by atoms with E-state index in [9.17, 15) is 0 Å². The van der Waals surface area contributed by atoms with Gasteiger partial charge in [0.25, 0.3) is 0 Å². The Hall–Kier alpha value is -2.04. The lowest BCUT2D eigenvalue weighted by Crippen LogP contribution is -1.92. The molecule has 0 unspecified atom stereocenters. The number of ether oxygens (including phenoxy) is 2. The standard InChI is InChI=1S/C7H6O2.C6H6.3C2H6.2CH4O/c1-2-4-7-6(3-1)8-5-9-7;1-2-4-6-5-3-1;5*1-2/h1-4H,5H2;1-6H;3*1-2H3;2*2H,1H3. The van der Waals surface area contributed by atoms with Gasteiger partial charge >= 0.3 is 0 Å². The van der Waals surface area contributed by atoms with E-state index in [2.05, 4.69) is 0 Å². The minimum absolute atomic E-state index is 0.360. The van der Waals surface area contributed by atoms with Gasteiger partial charge in [-0.15, -0.1) is 0 Å². The third-order valence-electron chi connectivity index (χ3n) is 1.94. The largest absolute Gasteiger partial charge is 0.454 e. The van der Waals surface area contributed by atoms with Crippen molar-refractivity contribution < 1.29 is 19.7 Å². The fraction of sp³-hybridized carbons (Fsp3) is 0.429. The molecular weight excluding hydrogens is 316 g/mol. The Labute approximate surface area is 155 Å². The molecule has 3 rings (SSSR count). The van der Waals surface area contributed by atoms with Crippen LogP contribution in [-0.2, 0) is 0 Å². The van der Waals surface area contributed by atoms with E-state index in [1.54, 1.807) is 0 Å². The maximum atomic E-state index is 7.00. The highest BCUT2D eigenvalue weighted by molar-refractivity contribution is 5.40. The summed E-state index contributed by atoms with van der Waals surface area (Å²) >= 11 is 0. The van der Waals surface area contributed by atoms with E-state index in [0.29, 0.717) is 6.79 Å². The van der Waals surface area contributed by atoms with E-state index in [4.69, 9.17) is 19.7 Å². The van der Waals surface area contributed by atoms with E-state index in [-0.39, 0.29) is 0 Å². The van der Waals surface area contributed by atoms with Crippen LogP contribution in [-0.4, -0.2) is 31.2 Å². The average Bonchev–Trinajstić information content (AvgIpc) is 3.26. The second-order valence-electron chi connectivity index (χ2n) is 3.01. The second kappa shape index (κ2) is 33.5. The smallest absolute Gasteiger partial charge is 0.231 e. The topological polar surface area (TPSA) is 58.9 Å². The van der Waals surface area contributed by atoms with Crippen LogP contribution in [0.5, 0.6) is 11.5 Å². The van der Waals surface area contributed by atoms with E-state index in [1.807, 2.05) is 102 Å². The predicted molar refractivity (Wildman–Crippen MR) is 109 cm³/mol. The summed E-state index contributed by atoms with van der Waals surface area (Å²) in [4.78, 5) is 0. The van der Waals surface area contributed by atoms with Gasteiger partial charge in [0, 0.05) is 14.2 Å². The van der Waals surface area contributed by atoms with Crippen LogP contribution in [0.15, 0.2) is 60.7 Å². The maximum absolute atomic E-state index is 7.00. The van der Waals surface area contributed by atoms with Crippen LogP contribution in [0.3, 0.4) is 0 Å². The van der Waals surface area contributed by atoms with E-state index < -0.39 is 0 Å². The number of hydrogen-bond donors (Lipinski definition) is 2. The third-order valence-corrected chi connectivity index (χ3v) is 1.94. The molecule has 0 amide bonds. The Morgan fingerprint density at radius 3 is 1.00 bits per heavy atom. The SMILES string of the molecule is CC.CC.CC.CO.CO.c1ccc2c(c1)OCO2.c1ccccc1. The first-order valence-corrected chi connectivity index (χ1v) is 8.71. The molecule has 146 valence electrons. The number of aliphatic hydroxyl groups excluding tert-OH is 2. The molecule has 1 heterocycles. The van der Waals surface area contributed by atoms with Crippen molar-refractivity contribution in [2.45, 2.75) is 41.5 Å². The van der Waals surface area contributed by atoms with Gasteiger partial charge in [0.1, 0.15) is 0 Å². The Kier molecular flexibility index (Phi) is 41.3. The molecule has 0 aromatic heterocycles. The van der Waals surface area contributed by atoms with Crippen molar-refractivity contribution in [2.24, 2.45) is 0 Å². The molecule has 0 aliphatic carbocycles. The molecule has 0 saturated heterocycles. The first-order valence-electron chi connectivity index (χ1n) is 8.71. The number of aliphatic hydroxyl groups is 2. The molecule has 0 bridgehead atoms. The van der Waals surface area contributed by atoms with Gasteiger partial charge in [-0.3, -0.25) is 0 Å². The molecule has 4 heteroatoms. The molecule has 25 heavy (non-hydrogen) atoms. The summed E-state index contributed by atoms with van der Waals surface area (Å²) in [5, 5.41) is 14.0. The Morgan fingerprint density at radius 1 is 0.520 bits per heavy atom. The third kappa shape index (κ3) is 19.9. The average molecular weight is 355 g/mol. The molecule has 0 saturated carbocycles. The molecule has 2 aromatic rings. The van der Waals surface area contributed by atoms with Gasteiger partial charge in [0.05, 0.1) is 0 Å². The molecule has 2 N–H and O–H groups in total. The van der Waals surface area contributed by atoms with Crippen LogP contribution < -0.4 is 9.47 Å². The van der Waals surface area contributed by atoms with Gasteiger partial charge in [-0.2, -0.15) is 0 Å². The van der Waals surface area contributed by atoms with Crippen LogP contribution in [0.25, 0.3) is 0 Å². The van der Waals surface area contributed by atoms with Crippen molar-refractivity contribution in [1.82, 2.24) is 0 Å². The molecule has 0 radical (unpaired) electrons. The summed E-state index contributed by atoms with van der Waals surface area (Å²) in [6, 6.07) is 19.6. The number of fused-ring (bicyclic) bond motifs is 1. The van der Waals surface area contributed by atoms with Crippen molar-refractivity contribution in [3.63, 3.8) is 0 Å². The van der Waals surface area contributed by atoms with Crippen molar-refractivity contribution in [3.05, 3.63) is 60.7 Å². The highest BCUT2D eigenvalue weighted by Crippen LogP contribution is 2.30. The zero-order valence-corrected chi connectivity index (χ0v) is 17.2. The van der Waals surface area contributed by atoms with Crippen molar-refractivity contribution in [2.75, 3.05) is 21.0 Å².